The first-order valence-electron chi connectivity index (χ1n) is 9.04. The number of carbonyl (C=O) groups is 1. The van der Waals surface area contributed by atoms with Crippen molar-refractivity contribution >= 4 is 16.7 Å². The van der Waals surface area contributed by atoms with Crippen molar-refractivity contribution in [1.29, 1.82) is 0 Å². The van der Waals surface area contributed by atoms with Crippen LogP contribution < -0.4 is 15.8 Å². The third-order valence-corrected chi connectivity index (χ3v) is 5.03. The Hall–Kier alpha value is -2.92. The molecule has 0 aliphatic carbocycles. The molecule has 1 aliphatic heterocycles. The smallest absolute Gasteiger partial charge is 0.227 e. The number of nitrogens with two attached hydrogens (primary N) is 1. The molecule has 2 unspecified atom stereocenters. The van der Waals surface area contributed by atoms with Crippen molar-refractivity contribution in [2.45, 2.75) is 12.5 Å². The Morgan fingerprint density at radius 2 is 1.96 bits per heavy atom. The second kappa shape index (κ2) is 7.37. The second-order valence-corrected chi connectivity index (χ2v) is 6.87. The van der Waals surface area contributed by atoms with Crippen molar-refractivity contribution in [2.24, 2.45) is 11.7 Å². The second-order valence-electron chi connectivity index (χ2n) is 6.87. The number of hydrogen-bond donors (Lipinski definition) is 2. The van der Waals surface area contributed by atoms with Crippen molar-refractivity contribution in [2.75, 3.05) is 13.2 Å². The Morgan fingerprint density at radius 1 is 1.15 bits per heavy atom. The lowest BCUT2D eigenvalue weighted by molar-refractivity contribution is -0.127. The van der Waals surface area contributed by atoms with Crippen molar-refractivity contribution in [3.05, 3.63) is 77.6 Å². The fraction of sp³-hybridized carbons (Fsp3) is 0.227. The number of fused-ring (bicyclic) bond motifs is 2. The predicted molar refractivity (Wildman–Crippen MR) is 103 cm³/mol. The average Bonchev–Trinajstić information content (AvgIpc) is 2.70. The average molecular weight is 364 g/mol. The number of halogens is 1. The number of amides is 1. The number of nitrogens with one attached hydrogen (secondary N) is 1. The molecule has 0 fully saturated rings. The van der Waals surface area contributed by atoms with E-state index in [1.807, 2.05) is 36.4 Å². The van der Waals surface area contributed by atoms with Gasteiger partial charge in [0.15, 0.2) is 0 Å². The molecular weight excluding hydrogens is 343 g/mol. The normalized spacial score (nSPS) is 17.0. The summed E-state index contributed by atoms with van der Waals surface area (Å²) in [6.07, 6.45) is 0.452. The molecule has 1 aliphatic rings. The minimum Gasteiger partial charge on any atom is -0.492 e. The molecule has 0 saturated carbocycles. The maximum Gasteiger partial charge on any atom is 0.227 e. The van der Waals surface area contributed by atoms with Crippen LogP contribution in [-0.2, 0) is 11.2 Å². The standard InChI is InChI=1S/C22H21FN2O2/c23-19-7-8-21-17(11-19)10-18(13-27-21)22(26)25-20(12-24)16-6-5-14-3-1-2-4-15(14)9-16/h1-9,11,18,20H,10,12-13,24H2,(H,25,26). The van der Waals surface area contributed by atoms with Crippen molar-refractivity contribution in [3.63, 3.8) is 0 Å². The Bertz CT molecular complexity index is 989. The maximum atomic E-state index is 13.5. The van der Waals surface area contributed by atoms with Gasteiger partial charge in [-0.3, -0.25) is 4.79 Å². The molecule has 138 valence electrons. The van der Waals surface area contributed by atoms with Crippen LogP contribution in [0.1, 0.15) is 17.2 Å². The summed E-state index contributed by atoms with van der Waals surface area (Å²) < 4.78 is 19.1. The van der Waals surface area contributed by atoms with E-state index in [4.69, 9.17) is 10.5 Å². The molecule has 0 bridgehead atoms. The van der Waals surface area contributed by atoms with Gasteiger partial charge < -0.3 is 15.8 Å². The Balaban J connectivity index is 1.50. The van der Waals surface area contributed by atoms with Gasteiger partial charge in [0.1, 0.15) is 18.2 Å². The van der Waals surface area contributed by atoms with E-state index in [0.717, 1.165) is 21.9 Å². The van der Waals surface area contributed by atoms with Gasteiger partial charge in [0.2, 0.25) is 5.91 Å². The molecule has 5 heteroatoms. The minimum absolute atomic E-state index is 0.131. The van der Waals surface area contributed by atoms with Gasteiger partial charge in [-0.05, 0) is 52.6 Å². The number of hydrogen-bond acceptors (Lipinski definition) is 3. The molecule has 1 heterocycles. The van der Waals surface area contributed by atoms with Crippen LogP contribution in [0.3, 0.4) is 0 Å². The van der Waals surface area contributed by atoms with E-state index >= 15 is 0 Å². The molecule has 1 amide bonds. The third kappa shape index (κ3) is 3.64. The SMILES string of the molecule is NCC(NC(=O)C1COc2ccc(F)cc2C1)c1ccc2ccccc2c1. The fourth-order valence-corrected chi connectivity index (χ4v) is 3.52. The molecular formula is C22H21FN2O2. The summed E-state index contributed by atoms with van der Waals surface area (Å²) in [7, 11) is 0. The molecule has 4 rings (SSSR count). The van der Waals surface area contributed by atoms with Gasteiger partial charge >= 0.3 is 0 Å². The summed E-state index contributed by atoms with van der Waals surface area (Å²) in [5.74, 6) is -0.179. The van der Waals surface area contributed by atoms with Crippen molar-refractivity contribution < 1.29 is 13.9 Å². The first-order chi connectivity index (χ1) is 13.1. The molecule has 0 saturated heterocycles. The van der Waals surface area contributed by atoms with E-state index in [0.29, 0.717) is 18.7 Å². The zero-order valence-electron chi connectivity index (χ0n) is 14.8. The van der Waals surface area contributed by atoms with Gasteiger partial charge in [0.25, 0.3) is 0 Å². The molecule has 4 nitrogen and oxygen atoms in total. The van der Waals surface area contributed by atoms with Crippen LogP contribution in [0.15, 0.2) is 60.7 Å². The highest BCUT2D eigenvalue weighted by Gasteiger charge is 2.28. The van der Waals surface area contributed by atoms with Gasteiger partial charge in [-0.25, -0.2) is 4.39 Å². The third-order valence-electron chi connectivity index (χ3n) is 5.03. The summed E-state index contributed by atoms with van der Waals surface area (Å²) in [6.45, 7) is 0.572. The summed E-state index contributed by atoms with van der Waals surface area (Å²) in [5.41, 5.74) is 7.61. The summed E-state index contributed by atoms with van der Waals surface area (Å²) in [4.78, 5) is 12.8. The maximum absolute atomic E-state index is 13.5. The lowest BCUT2D eigenvalue weighted by Gasteiger charge is -2.27. The Labute approximate surface area is 157 Å². The van der Waals surface area contributed by atoms with Gasteiger partial charge in [-0.2, -0.15) is 0 Å². The fourth-order valence-electron chi connectivity index (χ4n) is 3.52. The van der Waals surface area contributed by atoms with E-state index in [-0.39, 0.29) is 30.3 Å². The molecule has 0 aromatic heterocycles. The van der Waals surface area contributed by atoms with Crippen LogP contribution in [0.4, 0.5) is 4.39 Å². The highest BCUT2D eigenvalue weighted by Crippen LogP contribution is 2.28. The molecule has 3 N–H and O–H groups in total. The first-order valence-corrected chi connectivity index (χ1v) is 9.04. The largest absolute Gasteiger partial charge is 0.492 e. The van der Waals surface area contributed by atoms with Gasteiger partial charge in [-0.1, -0.05) is 36.4 Å². The highest BCUT2D eigenvalue weighted by molar-refractivity contribution is 5.84. The number of benzene rings is 3. The van der Waals surface area contributed by atoms with E-state index in [1.165, 1.54) is 12.1 Å². The topological polar surface area (TPSA) is 64.3 Å². The van der Waals surface area contributed by atoms with E-state index < -0.39 is 0 Å². The monoisotopic (exact) mass is 364 g/mol. The number of carbonyl (C=O) groups excluding carboxylic acids is 1. The minimum atomic E-state index is -0.367. The van der Waals surface area contributed by atoms with E-state index in [9.17, 15) is 9.18 Å². The first kappa shape index (κ1) is 17.5. The number of ether oxygens (including phenoxy) is 1. The van der Waals surface area contributed by atoms with Crippen LogP contribution in [0, 0.1) is 11.7 Å². The Kier molecular flexibility index (Phi) is 4.77. The molecule has 0 spiro atoms. The zero-order chi connectivity index (χ0) is 18.8. The van der Waals surface area contributed by atoms with E-state index in [2.05, 4.69) is 11.4 Å². The van der Waals surface area contributed by atoms with Crippen LogP contribution in [0.2, 0.25) is 0 Å². The Morgan fingerprint density at radius 3 is 2.78 bits per heavy atom. The summed E-state index contributed by atoms with van der Waals surface area (Å²) in [6, 6.07) is 18.3. The van der Waals surface area contributed by atoms with E-state index in [1.54, 1.807) is 6.07 Å². The van der Waals surface area contributed by atoms with Crippen LogP contribution in [-0.4, -0.2) is 19.1 Å². The zero-order valence-corrected chi connectivity index (χ0v) is 14.8. The van der Waals surface area contributed by atoms with Crippen molar-refractivity contribution in [3.8, 4) is 5.75 Å². The molecule has 27 heavy (non-hydrogen) atoms. The summed E-state index contributed by atoms with van der Waals surface area (Å²) in [5, 5.41) is 5.27. The molecule has 3 aromatic carbocycles. The number of rotatable bonds is 4. The lowest BCUT2D eigenvalue weighted by Crippen LogP contribution is -2.41. The van der Waals surface area contributed by atoms with Crippen LogP contribution in [0.5, 0.6) is 5.75 Å². The molecule has 2 atom stereocenters. The summed E-state index contributed by atoms with van der Waals surface area (Å²) >= 11 is 0. The van der Waals surface area contributed by atoms with Gasteiger partial charge in [-0.15, -0.1) is 0 Å². The lowest BCUT2D eigenvalue weighted by atomic mass is 9.95. The predicted octanol–water partition coefficient (Wildman–Crippen LogP) is 3.35. The quantitative estimate of drug-likeness (QED) is 0.746. The van der Waals surface area contributed by atoms with Gasteiger partial charge in [0.05, 0.1) is 12.0 Å². The van der Waals surface area contributed by atoms with Crippen LogP contribution in [0.25, 0.3) is 10.8 Å². The van der Waals surface area contributed by atoms with Crippen molar-refractivity contribution in [1.82, 2.24) is 5.32 Å². The van der Waals surface area contributed by atoms with Crippen LogP contribution >= 0.6 is 0 Å². The molecule has 3 aromatic rings. The van der Waals surface area contributed by atoms with Gasteiger partial charge in [0, 0.05) is 6.54 Å². The highest BCUT2D eigenvalue weighted by atomic mass is 19.1. The molecule has 0 radical (unpaired) electrons.